The van der Waals surface area contributed by atoms with Gasteiger partial charge in [-0.05, 0) is 41.8 Å². The number of piperazine rings is 1. The first kappa shape index (κ1) is 31.5. The summed E-state index contributed by atoms with van der Waals surface area (Å²) in [6, 6.07) is 8.31. The Hall–Kier alpha value is -2.69. The number of hydrogen-bond donors (Lipinski definition) is 5. The van der Waals surface area contributed by atoms with E-state index in [-0.39, 0.29) is 41.3 Å². The second kappa shape index (κ2) is 15.0. The number of phenolic OH excluding ortho intramolecular Hbond substituents is 2. The predicted octanol–water partition coefficient (Wildman–Crippen LogP) is 5.13. The Morgan fingerprint density at radius 3 is 2.16 bits per heavy atom. The summed E-state index contributed by atoms with van der Waals surface area (Å²) in [5, 5.41) is 38.4. The smallest absolute Gasteiger partial charge is 0.142 e. The van der Waals surface area contributed by atoms with Gasteiger partial charge in [-0.1, -0.05) is 58.7 Å². The number of nitrogens with zero attached hydrogens (tertiary/aromatic N) is 3. The number of likely N-dealkylation sites (N-methyl/N-ethyl adjacent to an activating group) is 1. The number of amidine groups is 2. The van der Waals surface area contributed by atoms with Crippen molar-refractivity contribution in [3.8, 4) is 11.5 Å². The van der Waals surface area contributed by atoms with Crippen molar-refractivity contribution in [1.82, 2.24) is 9.80 Å². The molecule has 0 unspecified atom stereocenters. The molecule has 2 aromatic carbocycles. The standard InChI is InChI=1S/C25H35ClN6O3.C3H8/c1-4-30-7-9-31(10-8-30)14-17-5-6-21(20(26)11-17)32(24(27)15-35-29)25(28)19-12-18(16(2)3)22(33)13-23(19)34;1-3-2/h5-6,11-13,16,27-28,33-34H,4,7-10,14-15,29H2,1-3H3;3H2,1-2H3. The second-order valence-electron chi connectivity index (χ2n) is 9.73. The van der Waals surface area contributed by atoms with Gasteiger partial charge in [-0.15, -0.1) is 0 Å². The van der Waals surface area contributed by atoms with Crippen LogP contribution in [0.3, 0.4) is 0 Å². The molecule has 0 saturated carbocycles. The Balaban J connectivity index is 0.00000161. The summed E-state index contributed by atoms with van der Waals surface area (Å²) in [5.74, 6) is 4.55. The fourth-order valence-electron chi connectivity index (χ4n) is 4.26. The zero-order chi connectivity index (χ0) is 28.4. The number of halogens is 1. The van der Waals surface area contributed by atoms with E-state index in [9.17, 15) is 10.2 Å². The minimum Gasteiger partial charge on any atom is -0.508 e. The third-order valence-electron chi connectivity index (χ3n) is 6.31. The fraction of sp³-hybridized carbons (Fsp3) is 0.500. The molecule has 10 heteroatoms. The van der Waals surface area contributed by atoms with Crippen molar-refractivity contribution in [3.05, 3.63) is 52.0 Å². The van der Waals surface area contributed by atoms with Crippen LogP contribution in [-0.2, 0) is 11.4 Å². The van der Waals surface area contributed by atoms with Crippen molar-refractivity contribution in [2.24, 2.45) is 5.90 Å². The van der Waals surface area contributed by atoms with Gasteiger partial charge in [-0.25, -0.2) is 5.90 Å². The van der Waals surface area contributed by atoms with E-state index in [1.807, 2.05) is 26.0 Å². The lowest BCUT2D eigenvalue weighted by Gasteiger charge is -2.34. The molecule has 0 spiro atoms. The van der Waals surface area contributed by atoms with Crippen molar-refractivity contribution in [1.29, 1.82) is 10.8 Å². The number of nitrogens with two attached hydrogens (primary N) is 1. The van der Waals surface area contributed by atoms with Crippen LogP contribution >= 0.6 is 11.6 Å². The summed E-state index contributed by atoms with van der Waals surface area (Å²) in [4.78, 5) is 10.8. The normalized spacial score (nSPS) is 14.2. The first-order chi connectivity index (χ1) is 18.1. The lowest BCUT2D eigenvalue weighted by molar-refractivity contribution is 0.132. The van der Waals surface area contributed by atoms with E-state index >= 15 is 0 Å². The van der Waals surface area contributed by atoms with Gasteiger partial charge in [0, 0.05) is 38.8 Å². The van der Waals surface area contributed by atoms with E-state index in [1.54, 1.807) is 12.1 Å². The third kappa shape index (κ3) is 8.15. The number of benzene rings is 2. The Kier molecular flexibility index (Phi) is 12.5. The average Bonchev–Trinajstić information content (AvgIpc) is 2.86. The van der Waals surface area contributed by atoms with Gasteiger partial charge in [0.25, 0.3) is 0 Å². The molecular formula is C28H43ClN6O3. The van der Waals surface area contributed by atoms with Gasteiger partial charge in [0.1, 0.15) is 29.8 Å². The van der Waals surface area contributed by atoms with Crippen LogP contribution in [0.4, 0.5) is 5.69 Å². The number of hydrogen-bond acceptors (Lipinski definition) is 8. The van der Waals surface area contributed by atoms with Gasteiger partial charge >= 0.3 is 0 Å². The maximum absolute atomic E-state index is 10.5. The molecule has 3 rings (SSSR count). The molecule has 0 atom stereocenters. The minimum atomic E-state index is -0.276. The highest BCUT2D eigenvalue weighted by Gasteiger charge is 2.25. The van der Waals surface area contributed by atoms with Crippen LogP contribution in [0.2, 0.25) is 5.02 Å². The summed E-state index contributed by atoms with van der Waals surface area (Å²) in [6.45, 7) is 15.8. The predicted molar refractivity (Wildman–Crippen MR) is 156 cm³/mol. The van der Waals surface area contributed by atoms with Crippen LogP contribution in [-0.4, -0.2) is 71.0 Å². The summed E-state index contributed by atoms with van der Waals surface area (Å²) in [5.41, 5.74) is 2.17. The molecule has 9 nitrogen and oxygen atoms in total. The van der Waals surface area contributed by atoms with Crippen LogP contribution < -0.4 is 10.8 Å². The lowest BCUT2D eigenvalue weighted by atomic mass is 9.98. The fourth-order valence-corrected chi connectivity index (χ4v) is 4.55. The topological polar surface area (TPSA) is 133 Å². The van der Waals surface area contributed by atoms with E-state index < -0.39 is 0 Å². The molecule has 0 aliphatic carbocycles. The molecule has 0 bridgehead atoms. The van der Waals surface area contributed by atoms with Gasteiger partial charge in [0.05, 0.1) is 16.3 Å². The van der Waals surface area contributed by atoms with Gasteiger partial charge in [0.2, 0.25) is 0 Å². The SMILES string of the molecule is CCC.CCN1CCN(Cc2ccc(N(C(=N)CON)C(=N)c3cc(C(C)C)c(O)cc3O)c(Cl)c2)CC1. The number of aromatic hydroxyl groups is 2. The van der Waals surface area contributed by atoms with Crippen molar-refractivity contribution in [2.75, 3.05) is 44.2 Å². The molecule has 38 heavy (non-hydrogen) atoms. The monoisotopic (exact) mass is 546 g/mol. The second-order valence-corrected chi connectivity index (χ2v) is 10.1. The molecule has 1 saturated heterocycles. The molecule has 1 aliphatic heterocycles. The molecule has 1 heterocycles. The van der Waals surface area contributed by atoms with Gasteiger partial charge < -0.3 is 15.1 Å². The first-order valence-corrected chi connectivity index (χ1v) is 13.5. The van der Waals surface area contributed by atoms with Gasteiger partial charge in [-0.2, -0.15) is 0 Å². The van der Waals surface area contributed by atoms with Crippen LogP contribution in [0.5, 0.6) is 11.5 Å². The molecule has 0 radical (unpaired) electrons. The molecular weight excluding hydrogens is 504 g/mol. The highest BCUT2D eigenvalue weighted by atomic mass is 35.5. The maximum Gasteiger partial charge on any atom is 0.142 e. The van der Waals surface area contributed by atoms with Crippen molar-refractivity contribution >= 4 is 29.0 Å². The average molecular weight is 547 g/mol. The molecule has 2 aromatic rings. The van der Waals surface area contributed by atoms with E-state index in [2.05, 4.69) is 35.4 Å². The molecule has 1 aliphatic rings. The largest absolute Gasteiger partial charge is 0.508 e. The van der Waals surface area contributed by atoms with Crippen LogP contribution in [0.25, 0.3) is 0 Å². The van der Waals surface area contributed by atoms with E-state index in [4.69, 9.17) is 28.3 Å². The highest BCUT2D eigenvalue weighted by Crippen LogP contribution is 2.35. The number of nitrogens with one attached hydrogen (secondary N) is 2. The summed E-state index contributed by atoms with van der Waals surface area (Å²) in [6.07, 6.45) is 1.25. The van der Waals surface area contributed by atoms with Gasteiger partial charge in [-0.3, -0.25) is 25.5 Å². The van der Waals surface area contributed by atoms with Crippen molar-refractivity contribution < 1.29 is 15.1 Å². The summed E-state index contributed by atoms with van der Waals surface area (Å²) < 4.78 is 0. The molecule has 0 aromatic heterocycles. The zero-order valence-electron chi connectivity index (χ0n) is 23.2. The number of anilines is 1. The molecule has 0 amide bonds. The van der Waals surface area contributed by atoms with Crippen molar-refractivity contribution in [3.63, 3.8) is 0 Å². The summed E-state index contributed by atoms with van der Waals surface area (Å²) in [7, 11) is 0. The number of rotatable bonds is 8. The Bertz CT molecular complexity index is 1090. The highest BCUT2D eigenvalue weighted by molar-refractivity contribution is 6.36. The minimum absolute atomic E-state index is 0.0375. The Morgan fingerprint density at radius 2 is 1.63 bits per heavy atom. The molecule has 210 valence electrons. The molecule has 1 fully saturated rings. The first-order valence-electron chi connectivity index (χ1n) is 13.1. The van der Waals surface area contributed by atoms with Gasteiger partial charge in [0.15, 0.2) is 0 Å². The van der Waals surface area contributed by atoms with Crippen molar-refractivity contribution in [2.45, 2.75) is 53.5 Å². The van der Waals surface area contributed by atoms with Crippen LogP contribution in [0.1, 0.15) is 63.6 Å². The Morgan fingerprint density at radius 1 is 1.03 bits per heavy atom. The quantitative estimate of drug-likeness (QED) is 0.176. The summed E-state index contributed by atoms with van der Waals surface area (Å²) >= 11 is 6.67. The maximum atomic E-state index is 10.5. The third-order valence-corrected chi connectivity index (χ3v) is 6.61. The zero-order valence-corrected chi connectivity index (χ0v) is 24.0. The van der Waals surface area contributed by atoms with Crippen LogP contribution in [0.15, 0.2) is 30.3 Å². The number of phenols is 2. The van der Waals surface area contributed by atoms with Crippen LogP contribution in [0, 0.1) is 10.8 Å². The van der Waals surface area contributed by atoms with E-state index in [1.165, 1.54) is 17.4 Å². The molecule has 6 N–H and O–H groups in total. The lowest BCUT2D eigenvalue weighted by Crippen LogP contribution is -2.45. The Labute approximate surface area is 231 Å². The van der Waals surface area contributed by atoms with E-state index in [0.29, 0.717) is 16.3 Å². The van der Waals surface area contributed by atoms with E-state index in [0.717, 1.165) is 44.8 Å².